The fraction of sp³-hybridized carbons (Fsp3) is 0.400. The molecule has 3 aromatic heterocycles. The van der Waals surface area contributed by atoms with Crippen LogP contribution in [0.1, 0.15) is 48.8 Å². The predicted molar refractivity (Wildman–Crippen MR) is 106 cm³/mol. The Morgan fingerprint density at radius 2 is 1.96 bits per heavy atom. The minimum atomic E-state index is -0.176. The van der Waals surface area contributed by atoms with Gasteiger partial charge in [0.1, 0.15) is 5.82 Å². The fourth-order valence-corrected chi connectivity index (χ4v) is 3.50. The Labute approximate surface area is 158 Å². The number of pyridine rings is 2. The predicted octanol–water partition coefficient (Wildman–Crippen LogP) is 3.57. The van der Waals surface area contributed by atoms with Crippen molar-refractivity contribution in [1.82, 2.24) is 19.7 Å². The topological polar surface area (TPSA) is 75.9 Å². The summed E-state index contributed by atoms with van der Waals surface area (Å²) < 4.78 is 1.84. The molecule has 1 N–H and O–H groups in total. The van der Waals surface area contributed by atoms with Crippen molar-refractivity contribution in [3.8, 4) is 0 Å². The summed E-state index contributed by atoms with van der Waals surface area (Å²) in [7, 11) is 0. The van der Waals surface area contributed by atoms with E-state index in [4.69, 9.17) is 0 Å². The number of hydrogen-bond acceptors (Lipinski definition) is 5. The van der Waals surface area contributed by atoms with Crippen LogP contribution < -0.4 is 10.2 Å². The first-order chi connectivity index (χ1) is 13.0. The highest BCUT2D eigenvalue weighted by Gasteiger charge is 2.18. The molecular formula is C20H24N6O. The SMILES string of the molecule is Cc1cc(C(=O)Nc2ccc(N3CCCC3)nc2)c2cnn(C(C)C)c2n1. The lowest BCUT2D eigenvalue weighted by Crippen LogP contribution is -2.19. The van der Waals surface area contributed by atoms with E-state index in [2.05, 4.69) is 25.3 Å². The second-order valence-electron chi connectivity index (χ2n) is 7.28. The molecule has 0 aliphatic carbocycles. The molecule has 0 aromatic carbocycles. The Balaban J connectivity index is 1.59. The summed E-state index contributed by atoms with van der Waals surface area (Å²) in [5.41, 5.74) is 2.78. The lowest BCUT2D eigenvalue weighted by molar-refractivity contribution is 0.102. The van der Waals surface area contributed by atoms with Crippen LogP contribution in [0, 0.1) is 6.92 Å². The number of amides is 1. The second kappa shape index (κ2) is 6.98. The molecule has 27 heavy (non-hydrogen) atoms. The molecule has 7 heteroatoms. The zero-order valence-corrected chi connectivity index (χ0v) is 15.9. The third-order valence-electron chi connectivity index (χ3n) is 4.86. The Kier molecular flexibility index (Phi) is 4.51. The first kappa shape index (κ1) is 17.5. The van der Waals surface area contributed by atoms with Gasteiger partial charge >= 0.3 is 0 Å². The molecule has 1 amide bonds. The quantitative estimate of drug-likeness (QED) is 0.766. The number of anilines is 2. The lowest BCUT2D eigenvalue weighted by Gasteiger charge is -2.16. The number of fused-ring (bicyclic) bond motifs is 1. The number of aryl methyl sites for hydroxylation is 1. The molecule has 1 aliphatic rings. The molecule has 1 aliphatic heterocycles. The zero-order valence-electron chi connectivity index (χ0n) is 15.9. The molecule has 140 valence electrons. The third-order valence-corrected chi connectivity index (χ3v) is 4.86. The van der Waals surface area contributed by atoms with Crippen LogP contribution in [-0.2, 0) is 0 Å². The van der Waals surface area contributed by atoms with Crippen LogP contribution in [-0.4, -0.2) is 38.7 Å². The summed E-state index contributed by atoms with van der Waals surface area (Å²) in [5, 5.41) is 8.10. The van der Waals surface area contributed by atoms with Gasteiger partial charge < -0.3 is 10.2 Å². The van der Waals surface area contributed by atoms with Crippen molar-refractivity contribution in [1.29, 1.82) is 0 Å². The summed E-state index contributed by atoms with van der Waals surface area (Å²) in [6.45, 7) is 8.08. The summed E-state index contributed by atoms with van der Waals surface area (Å²) in [5.74, 6) is 0.787. The molecule has 0 bridgehead atoms. The molecule has 1 fully saturated rings. The molecule has 3 aromatic rings. The number of nitrogens with one attached hydrogen (secondary N) is 1. The minimum absolute atomic E-state index is 0.176. The smallest absolute Gasteiger partial charge is 0.256 e. The van der Waals surface area contributed by atoms with Crippen molar-refractivity contribution in [3.63, 3.8) is 0 Å². The highest BCUT2D eigenvalue weighted by molar-refractivity contribution is 6.12. The van der Waals surface area contributed by atoms with Gasteiger partial charge in [-0.2, -0.15) is 5.10 Å². The summed E-state index contributed by atoms with van der Waals surface area (Å²) in [6, 6.07) is 5.85. The molecule has 7 nitrogen and oxygen atoms in total. The molecule has 0 atom stereocenters. The van der Waals surface area contributed by atoms with Crippen molar-refractivity contribution in [2.24, 2.45) is 0 Å². The number of aromatic nitrogens is 4. The minimum Gasteiger partial charge on any atom is -0.357 e. The van der Waals surface area contributed by atoms with Crippen molar-refractivity contribution < 1.29 is 4.79 Å². The van der Waals surface area contributed by atoms with E-state index in [0.717, 1.165) is 35.6 Å². The van der Waals surface area contributed by atoms with Gasteiger partial charge in [-0.1, -0.05) is 0 Å². The number of rotatable bonds is 4. The van der Waals surface area contributed by atoms with Gasteiger partial charge in [0.05, 0.1) is 29.0 Å². The number of nitrogens with zero attached hydrogens (tertiary/aromatic N) is 5. The van der Waals surface area contributed by atoms with Crippen LogP contribution in [0.5, 0.6) is 0 Å². The van der Waals surface area contributed by atoms with E-state index >= 15 is 0 Å². The molecule has 0 unspecified atom stereocenters. The van der Waals surface area contributed by atoms with E-state index in [9.17, 15) is 4.79 Å². The number of carbonyl (C=O) groups excluding carboxylic acids is 1. The molecule has 0 saturated carbocycles. The van der Waals surface area contributed by atoms with Gasteiger partial charge in [-0.05, 0) is 51.8 Å². The van der Waals surface area contributed by atoms with Crippen LogP contribution in [0.2, 0.25) is 0 Å². The van der Waals surface area contributed by atoms with Gasteiger partial charge in [0.15, 0.2) is 5.65 Å². The van der Waals surface area contributed by atoms with Crippen LogP contribution >= 0.6 is 0 Å². The highest BCUT2D eigenvalue weighted by Crippen LogP contribution is 2.23. The first-order valence-electron chi connectivity index (χ1n) is 9.40. The maximum Gasteiger partial charge on any atom is 0.256 e. The van der Waals surface area contributed by atoms with E-state index in [-0.39, 0.29) is 11.9 Å². The van der Waals surface area contributed by atoms with Crippen LogP contribution in [0.25, 0.3) is 11.0 Å². The Bertz CT molecular complexity index is 970. The molecular weight excluding hydrogens is 340 g/mol. The molecule has 0 spiro atoms. The van der Waals surface area contributed by atoms with Gasteiger partial charge in [-0.15, -0.1) is 0 Å². The second-order valence-corrected chi connectivity index (χ2v) is 7.28. The van der Waals surface area contributed by atoms with Crippen LogP contribution in [0.15, 0.2) is 30.6 Å². The fourth-order valence-electron chi connectivity index (χ4n) is 3.50. The number of carbonyl (C=O) groups is 1. The summed E-state index contributed by atoms with van der Waals surface area (Å²) in [6.07, 6.45) is 5.85. The third kappa shape index (κ3) is 3.37. The van der Waals surface area contributed by atoms with E-state index in [1.807, 2.05) is 37.6 Å². The average Bonchev–Trinajstić information content (AvgIpc) is 3.31. The largest absolute Gasteiger partial charge is 0.357 e. The molecule has 4 rings (SSSR count). The molecule has 0 radical (unpaired) electrons. The van der Waals surface area contributed by atoms with Gasteiger partial charge in [0.25, 0.3) is 5.91 Å². The summed E-state index contributed by atoms with van der Waals surface area (Å²) in [4.78, 5) is 24.2. The van der Waals surface area contributed by atoms with Gasteiger partial charge in [-0.25, -0.2) is 14.6 Å². The monoisotopic (exact) mass is 364 g/mol. The van der Waals surface area contributed by atoms with E-state index in [1.54, 1.807) is 18.5 Å². The van der Waals surface area contributed by atoms with Crippen molar-refractivity contribution in [3.05, 3.63) is 41.9 Å². The summed E-state index contributed by atoms with van der Waals surface area (Å²) >= 11 is 0. The van der Waals surface area contributed by atoms with Gasteiger partial charge in [0, 0.05) is 24.8 Å². The molecule has 1 saturated heterocycles. The first-order valence-corrected chi connectivity index (χ1v) is 9.40. The van der Waals surface area contributed by atoms with E-state index < -0.39 is 0 Å². The van der Waals surface area contributed by atoms with Crippen LogP contribution in [0.4, 0.5) is 11.5 Å². The average molecular weight is 364 g/mol. The Morgan fingerprint density at radius 3 is 2.63 bits per heavy atom. The maximum absolute atomic E-state index is 12.9. The van der Waals surface area contributed by atoms with Crippen molar-refractivity contribution in [2.75, 3.05) is 23.3 Å². The van der Waals surface area contributed by atoms with E-state index in [0.29, 0.717) is 11.3 Å². The van der Waals surface area contributed by atoms with E-state index in [1.165, 1.54) is 12.8 Å². The lowest BCUT2D eigenvalue weighted by atomic mass is 10.1. The van der Waals surface area contributed by atoms with Gasteiger partial charge in [-0.3, -0.25) is 4.79 Å². The van der Waals surface area contributed by atoms with Crippen molar-refractivity contribution in [2.45, 2.75) is 39.7 Å². The van der Waals surface area contributed by atoms with Crippen molar-refractivity contribution >= 4 is 28.4 Å². The maximum atomic E-state index is 12.9. The highest BCUT2D eigenvalue weighted by atomic mass is 16.1. The van der Waals surface area contributed by atoms with Gasteiger partial charge in [0.2, 0.25) is 0 Å². The Morgan fingerprint density at radius 1 is 1.19 bits per heavy atom. The number of hydrogen-bond donors (Lipinski definition) is 1. The zero-order chi connectivity index (χ0) is 19.0. The molecule has 4 heterocycles. The Hall–Kier alpha value is -2.96. The standard InChI is InChI=1S/C20H24N6O/c1-13(2)26-19-17(12-22-26)16(10-14(3)23-19)20(27)24-15-6-7-18(21-11-15)25-8-4-5-9-25/h6-7,10-13H,4-5,8-9H2,1-3H3,(H,24,27). The normalized spacial score (nSPS) is 14.3. The van der Waals surface area contributed by atoms with Crippen LogP contribution in [0.3, 0.4) is 0 Å².